The smallest absolute Gasteiger partial charge is 0.136 e. The van der Waals surface area contributed by atoms with E-state index in [2.05, 4.69) is 11.1 Å². The Morgan fingerprint density at radius 2 is 2.21 bits per heavy atom. The minimum absolute atomic E-state index is 0.654. The zero-order chi connectivity index (χ0) is 9.38. The summed E-state index contributed by atoms with van der Waals surface area (Å²) in [5.74, 6) is 0.957. The number of benzene rings is 1. The number of aromatic nitrogens is 1. The predicted octanol–water partition coefficient (Wildman–Crippen LogP) is 2.64. The van der Waals surface area contributed by atoms with Crippen LogP contribution in [-0.4, -0.2) is 11.6 Å². The maximum atomic E-state index is 5.61. The van der Waals surface area contributed by atoms with Gasteiger partial charge in [0.05, 0.1) is 5.52 Å². The SMILES string of the molecule is C1=Cc2ccc3ncccc3c2OC1. The number of hydrogen-bond acceptors (Lipinski definition) is 2. The van der Waals surface area contributed by atoms with E-state index in [-0.39, 0.29) is 0 Å². The Bertz CT molecular complexity index is 517. The van der Waals surface area contributed by atoms with E-state index in [1.807, 2.05) is 30.3 Å². The molecule has 0 saturated heterocycles. The zero-order valence-electron chi connectivity index (χ0n) is 7.60. The molecule has 0 spiro atoms. The highest BCUT2D eigenvalue weighted by atomic mass is 16.5. The van der Waals surface area contributed by atoms with Gasteiger partial charge in [-0.05, 0) is 30.3 Å². The molecule has 0 atom stereocenters. The van der Waals surface area contributed by atoms with Crippen LogP contribution < -0.4 is 4.74 Å². The molecule has 0 bridgehead atoms. The van der Waals surface area contributed by atoms with Crippen LogP contribution in [0.4, 0.5) is 0 Å². The Labute approximate surface area is 81.8 Å². The Morgan fingerprint density at radius 1 is 1.21 bits per heavy atom. The molecule has 1 aliphatic rings. The van der Waals surface area contributed by atoms with Crippen LogP contribution in [0.2, 0.25) is 0 Å². The molecular formula is C12H9NO. The molecule has 0 amide bonds. The summed E-state index contributed by atoms with van der Waals surface area (Å²) in [6, 6.07) is 8.04. The Morgan fingerprint density at radius 3 is 3.21 bits per heavy atom. The van der Waals surface area contributed by atoms with Crippen molar-refractivity contribution < 1.29 is 4.74 Å². The van der Waals surface area contributed by atoms with Gasteiger partial charge in [0, 0.05) is 17.1 Å². The van der Waals surface area contributed by atoms with Gasteiger partial charge in [0.1, 0.15) is 12.4 Å². The van der Waals surface area contributed by atoms with Crippen molar-refractivity contribution in [3.8, 4) is 5.75 Å². The van der Waals surface area contributed by atoms with Crippen molar-refractivity contribution in [2.75, 3.05) is 6.61 Å². The van der Waals surface area contributed by atoms with Crippen LogP contribution in [0, 0.1) is 0 Å². The fraction of sp³-hybridized carbons (Fsp3) is 0.0833. The molecule has 0 unspecified atom stereocenters. The van der Waals surface area contributed by atoms with Crippen LogP contribution in [-0.2, 0) is 0 Å². The summed E-state index contributed by atoms with van der Waals surface area (Å²) in [6.07, 6.45) is 5.91. The van der Waals surface area contributed by atoms with E-state index in [1.165, 1.54) is 0 Å². The lowest BCUT2D eigenvalue weighted by Gasteiger charge is -2.14. The topological polar surface area (TPSA) is 22.1 Å². The van der Waals surface area contributed by atoms with E-state index < -0.39 is 0 Å². The Balaban J connectivity index is 2.41. The number of rotatable bonds is 0. The van der Waals surface area contributed by atoms with Gasteiger partial charge in [0.25, 0.3) is 0 Å². The molecule has 0 saturated carbocycles. The second-order valence-corrected chi connectivity index (χ2v) is 3.27. The largest absolute Gasteiger partial charge is 0.488 e. The standard InChI is InChI=1S/C12H9NO/c1-4-10-11(13-7-1)6-5-9-3-2-8-14-12(9)10/h1-7H,8H2. The summed E-state index contributed by atoms with van der Waals surface area (Å²) in [6.45, 7) is 0.654. The molecule has 2 heterocycles. The van der Waals surface area contributed by atoms with Crippen molar-refractivity contribution in [3.63, 3.8) is 0 Å². The van der Waals surface area contributed by atoms with Crippen molar-refractivity contribution in [2.24, 2.45) is 0 Å². The van der Waals surface area contributed by atoms with E-state index >= 15 is 0 Å². The average molecular weight is 183 g/mol. The molecule has 1 aromatic heterocycles. The van der Waals surface area contributed by atoms with Gasteiger partial charge in [-0.1, -0.05) is 6.08 Å². The number of pyridine rings is 1. The average Bonchev–Trinajstić information content (AvgIpc) is 2.29. The summed E-state index contributed by atoms with van der Waals surface area (Å²) in [7, 11) is 0. The first-order valence-electron chi connectivity index (χ1n) is 4.62. The summed E-state index contributed by atoms with van der Waals surface area (Å²) in [5.41, 5.74) is 2.12. The minimum Gasteiger partial charge on any atom is -0.488 e. The second-order valence-electron chi connectivity index (χ2n) is 3.27. The van der Waals surface area contributed by atoms with Gasteiger partial charge in [-0.25, -0.2) is 0 Å². The first kappa shape index (κ1) is 7.56. The van der Waals surface area contributed by atoms with Crippen LogP contribution >= 0.6 is 0 Å². The monoisotopic (exact) mass is 183 g/mol. The lowest BCUT2D eigenvalue weighted by molar-refractivity contribution is 0.363. The van der Waals surface area contributed by atoms with E-state index in [0.717, 1.165) is 22.2 Å². The fourth-order valence-corrected chi connectivity index (χ4v) is 1.74. The fourth-order valence-electron chi connectivity index (χ4n) is 1.74. The van der Waals surface area contributed by atoms with Crippen molar-refractivity contribution in [3.05, 3.63) is 42.1 Å². The maximum absolute atomic E-state index is 5.61. The molecule has 1 aromatic carbocycles. The van der Waals surface area contributed by atoms with Gasteiger partial charge in [-0.2, -0.15) is 0 Å². The zero-order valence-corrected chi connectivity index (χ0v) is 7.60. The molecule has 0 fully saturated rings. The second kappa shape index (κ2) is 2.84. The summed E-state index contributed by atoms with van der Waals surface area (Å²) >= 11 is 0. The van der Waals surface area contributed by atoms with Crippen molar-refractivity contribution in [2.45, 2.75) is 0 Å². The van der Waals surface area contributed by atoms with Gasteiger partial charge in [-0.3, -0.25) is 4.98 Å². The minimum atomic E-state index is 0.654. The number of fused-ring (bicyclic) bond motifs is 3. The van der Waals surface area contributed by atoms with Crippen LogP contribution in [0.1, 0.15) is 5.56 Å². The van der Waals surface area contributed by atoms with E-state index in [4.69, 9.17) is 4.74 Å². The predicted molar refractivity (Wildman–Crippen MR) is 56.3 cm³/mol. The molecule has 2 heteroatoms. The van der Waals surface area contributed by atoms with E-state index in [1.54, 1.807) is 6.20 Å². The van der Waals surface area contributed by atoms with Gasteiger partial charge in [0.2, 0.25) is 0 Å². The molecule has 0 radical (unpaired) electrons. The number of hydrogen-bond donors (Lipinski definition) is 0. The lowest BCUT2D eigenvalue weighted by Crippen LogP contribution is -2.00. The van der Waals surface area contributed by atoms with Crippen LogP contribution in [0.25, 0.3) is 17.0 Å². The molecular weight excluding hydrogens is 174 g/mol. The first-order valence-corrected chi connectivity index (χ1v) is 4.62. The van der Waals surface area contributed by atoms with Crippen LogP contribution in [0.15, 0.2) is 36.5 Å². The van der Waals surface area contributed by atoms with Crippen molar-refractivity contribution >= 4 is 17.0 Å². The third-order valence-electron chi connectivity index (χ3n) is 2.39. The molecule has 0 aliphatic carbocycles. The highest BCUT2D eigenvalue weighted by Gasteiger charge is 2.09. The highest BCUT2D eigenvalue weighted by Crippen LogP contribution is 2.31. The Kier molecular flexibility index (Phi) is 1.53. The van der Waals surface area contributed by atoms with Gasteiger partial charge >= 0.3 is 0 Å². The number of ether oxygens (including phenoxy) is 1. The van der Waals surface area contributed by atoms with Gasteiger partial charge in [0.15, 0.2) is 0 Å². The number of nitrogens with zero attached hydrogens (tertiary/aromatic N) is 1. The Hall–Kier alpha value is -1.83. The van der Waals surface area contributed by atoms with Crippen molar-refractivity contribution in [1.82, 2.24) is 4.98 Å². The summed E-state index contributed by atoms with van der Waals surface area (Å²) in [4.78, 5) is 4.29. The van der Waals surface area contributed by atoms with Crippen LogP contribution in [0.3, 0.4) is 0 Å². The first-order chi connectivity index (χ1) is 6.95. The molecule has 2 aromatic rings. The summed E-state index contributed by atoms with van der Waals surface area (Å²) in [5, 5.41) is 1.09. The summed E-state index contributed by atoms with van der Waals surface area (Å²) < 4.78 is 5.61. The van der Waals surface area contributed by atoms with Gasteiger partial charge < -0.3 is 4.74 Å². The molecule has 68 valence electrons. The molecule has 14 heavy (non-hydrogen) atoms. The lowest BCUT2D eigenvalue weighted by atomic mass is 10.1. The quantitative estimate of drug-likeness (QED) is 0.626. The molecule has 3 rings (SSSR count). The van der Waals surface area contributed by atoms with Crippen LogP contribution in [0.5, 0.6) is 5.75 Å². The third-order valence-corrected chi connectivity index (χ3v) is 2.39. The highest BCUT2D eigenvalue weighted by molar-refractivity contribution is 5.89. The van der Waals surface area contributed by atoms with Crippen molar-refractivity contribution in [1.29, 1.82) is 0 Å². The normalized spacial score (nSPS) is 13.7. The van der Waals surface area contributed by atoms with Gasteiger partial charge in [-0.15, -0.1) is 0 Å². The van der Waals surface area contributed by atoms with E-state index in [0.29, 0.717) is 6.61 Å². The molecule has 0 N–H and O–H groups in total. The molecule has 1 aliphatic heterocycles. The molecule has 2 nitrogen and oxygen atoms in total. The third kappa shape index (κ3) is 1.01. The maximum Gasteiger partial charge on any atom is 0.136 e. The van der Waals surface area contributed by atoms with E-state index in [9.17, 15) is 0 Å².